The predicted molar refractivity (Wildman–Crippen MR) is 127 cm³/mol. The second-order valence-electron chi connectivity index (χ2n) is 9.99. The molecule has 1 aromatic rings. The number of urea groups is 1. The summed E-state index contributed by atoms with van der Waals surface area (Å²) in [6.45, 7) is 0.165. The molecule has 4 rings (SSSR count). The van der Waals surface area contributed by atoms with E-state index in [4.69, 9.17) is 15.2 Å². The van der Waals surface area contributed by atoms with E-state index in [9.17, 15) is 24.4 Å². The molecule has 0 bridgehead atoms. The number of hydrogen-bond donors (Lipinski definition) is 3. The number of hydroxylamine groups is 2. The van der Waals surface area contributed by atoms with Crippen molar-refractivity contribution in [2.24, 2.45) is 17.6 Å². The number of hydrogen-bond acceptors (Lipinski definition) is 7. The SMILES string of the molecule is NC(=O)[C@@H]1CCC[N+]1(C(=O)NCC1COc2ccccc2O1)C(=O)[C@H](CC1CCCC1)CN(O)C=O. The number of nitrogens with two attached hydrogens (primary N) is 1. The molecule has 196 valence electrons. The fraction of sp³-hybridized carbons (Fsp3) is 0.600. The minimum Gasteiger partial charge on any atom is -0.486 e. The Morgan fingerprint density at radius 1 is 1.17 bits per heavy atom. The van der Waals surface area contributed by atoms with E-state index in [1.165, 1.54) is 0 Å². The summed E-state index contributed by atoms with van der Waals surface area (Å²) >= 11 is 0. The normalized spacial score (nSPS) is 26.2. The zero-order valence-electron chi connectivity index (χ0n) is 20.3. The molecule has 2 aliphatic heterocycles. The molecule has 2 heterocycles. The smallest absolute Gasteiger partial charge is 0.424 e. The van der Waals surface area contributed by atoms with Crippen molar-refractivity contribution >= 4 is 24.3 Å². The van der Waals surface area contributed by atoms with Gasteiger partial charge in [-0.15, -0.1) is 0 Å². The van der Waals surface area contributed by atoms with Gasteiger partial charge in [-0.05, 0) is 24.5 Å². The molecule has 0 spiro atoms. The molecule has 4 N–H and O–H groups in total. The first-order valence-corrected chi connectivity index (χ1v) is 12.6. The Morgan fingerprint density at radius 3 is 2.58 bits per heavy atom. The molecule has 2 fully saturated rings. The van der Waals surface area contributed by atoms with Crippen LogP contribution in [0, 0.1) is 11.8 Å². The zero-order valence-corrected chi connectivity index (χ0v) is 20.3. The second kappa shape index (κ2) is 11.3. The number of carbonyl (C=O) groups is 4. The molecule has 1 aliphatic carbocycles. The van der Waals surface area contributed by atoms with Crippen LogP contribution in [-0.2, 0) is 14.4 Å². The van der Waals surface area contributed by atoms with Crippen LogP contribution >= 0.6 is 0 Å². The van der Waals surface area contributed by atoms with Crippen molar-refractivity contribution in [3.05, 3.63) is 24.3 Å². The highest BCUT2D eigenvalue weighted by molar-refractivity contribution is 5.91. The molecule has 3 aliphatic rings. The van der Waals surface area contributed by atoms with Gasteiger partial charge in [0.05, 0.1) is 25.6 Å². The van der Waals surface area contributed by atoms with E-state index in [0.29, 0.717) is 35.8 Å². The molecule has 5 amide bonds. The Bertz CT molecular complexity index is 983. The summed E-state index contributed by atoms with van der Waals surface area (Å²) < 4.78 is 10.9. The van der Waals surface area contributed by atoms with Gasteiger partial charge in [0.1, 0.15) is 6.61 Å². The van der Waals surface area contributed by atoms with Crippen LogP contribution in [0.5, 0.6) is 11.5 Å². The summed E-state index contributed by atoms with van der Waals surface area (Å²) in [7, 11) is 0. The van der Waals surface area contributed by atoms with Crippen LogP contribution in [0.2, 0.25) is 0 Å². The van der Waals surface area contributed by atoms with Crippen LogP contribution < -0.4 is 20.5 Å². The Balaban J connectivity index is 1.54. The van der Waals surface area contributed by atoms with Crippen LogP contribution in [0.15, 0.2) is 24.3 Å². The van der Waals surface area contributed by atoms with Crippen LogP contribution in [0.3, 0.4) is 0 Å². The quantitative estimate of drug-likeness (QED) is 0.200. The largest absolute Gasteiger partial charge is 0.486 e. The van der Waals surface area contributed by atoms with Gasteiger partial charge in [0.25, 0.3) is 5.91 Å². The number of ether oxygens (including phenoxy) is 2. The highest BCUT2D eigenvalue weighted by Crippen LogP contribution is 2.36. The molecular weight excluding hydrogens is 468 g/mol. The molecule has 11 heteroatoms. The van der Waals surface area contributed by atoms with Crippen molar-refractivity contribution in [3.63, 3.8) is 0 Å². The minimum atomic E-state index is -1.02. The van der Waals surface area contributed by atoms with E-state index in [1.54, 1.807) is 12.1 Å². The predicted octanol–water partition coefficient (Wildman–Crippen LogP) is 1.57. The maximum atomic E-state index is 14.1. The minimum absolute atomic E-state index is 0.0691. The third kappa shape index (κ3) is 5.31. The van der Waals surface area contributed by atoms with Gasteiger partial charge in [-0.25, -0.2) is 14.7 Å². The average molecular weight is 504 g/mol. The lowest BCUT2D eigenvalue weighted by Gasteiger charge is -2.37. The number of imide groups is 1. The van der Waals surface area contributed by atoms with Crippen molar-refractivity contribution in [1.82, 2.24) is 10.4 Å². The summed E-state index contributed by atoms with van der Waals surface area (Å²) in [6, 6.07) is 5.57. The standard InChI is InChI=1S/C25H34N4O7/c26-23(31)20-8-5-11-29(20,24(32)18(14-28(34)16-30)12-17-6-1-2-7-17)25(33)27-13-19-15-35-21-9-3-4-10-22(21)36-19/h3-4,9-10,16-20,34H,1-2,5-8,11-15H2,(H2-,26,27,31,33)/p+1/t18-,19?,20+,29?/m1/s1. The molecule has 4 atom stereocenters. The van der Waals surface area contributed by atoms with Gasteiger partial charge >= 0.3 is 11.9 Å². The number of likely N-dealkylation sites (tertiary alicyclic amines) is 1. The second-order valence-corrected chi connectivity index (χ2v) is 9.99. The number of nitrogens with zero attached hydrogens (tertiary/aromatic N) is 2. The van der Waals surface area contributed by atoms with Crippen LogP contribution in [-0.4, -0.2) is 77.4 Å². The number of quaternary nitrogens is 1. The van der Waals surface area contributed by atoms with Gasteiger partial charge < -0.3 is 20.5 Å². The summed E-state index contributed by atoms with van der Waals surface area (Å²) in [4.78, 5) is 51.4. The maximum absolute atomic E-state index is 14.1. The van der Waals surface area contributed by atoms with Gasteiger partial charge in [-0.1, -0.05) is 37.8 Å². The number of primary amides is 1. The van der Waals surface area contributed by atoms with Gasteiger partial charge in [0.2, 0.25) is 6.41 Å². The number of carbonyl (C=O) groups excluding carboxylic acids is 4. The summed E-state index contributed by atoms with van der Waals surface area (Å²) in [6.07, 6.45) is 4.97. The number of rotatable bonds is 9. The monoisotopic (exact) mass is 503 g/mol. The average Bonchev–Trinajstić information content (AvgIpc) is 3.57. The third-order valence-electron chi connectivity index (χ3n) is 7.62. The molecule has 1 saturated heterocycles. The van der Waals surface area contributed by atoms with E-state index in [2.05, 4.69) is 5.32 Å². The number of para-hydroxylation sites is 2. The van der Waals surface area contributed by atoms with Crippen molar-refractivity contribution in [3.8, 4) is 11.5 Å². The van der Waals surface area contributed by atoms with E-state index in [1.807, 2.05) is 12.1 Å². The van der Waals surface area contributed by atoms with Crippen LogP contribution in [0.4, 0.5) is 4.79 Å². The van der Waals surface area contributed by atoms with Crippen molar-refractivity contribution < 1.29 is 38.3 Å². The molecule has 1 saturated carbocycles. The first kappa shape index (κ1) is 25.9. The molecular formula is C25H35N4O7+. The fourth-order valence-corrected chi connectivity index (χ4v) is 5.88. The maximum Gasteiger partial charge on any atom is 0.424 e. The molecule has 2 unspecified atom stereocenters. The molecule has 0 radical (unpaired) electrons. The fourth-order valence-electron chi connectivity index (χ4n) is 5.88. The van der Waals surface area contributed by atoms with E-state index < -0.39 is 40.4 Å². The summed E-state index contributed by atoms with van der Waals surface area (Å²) in [5.41, 5.74) is 5.68. The van der Waals surface area contributed by atoms with Gasteiger partial charge in [-0.3, -0.25) is 14.8 Å². The summed E-state index contributed by atoms with van der Waals surface area (Å²) in [5, 5.41) is 13.2. The summed E-state index contributed by atoms with van der Waals surface area (Å²) in [5.74, 6) is -0.594. The van der Waals surface area contributed by atoms with Crippen LogP contribution in [0.1, 0.15) is 44.9 Å². The Kier molecular flexibility index (Phi) is 8.10. The Labute approximate surface area is 210 Å². The zero-order chi connectivity index (χ0) is 25.7. The van der Waals surface area contributed by atoms with Crippen LogP contribution in [0.25, 0.3) is 0 Å². The first-order chi connectivity index (χ1) is 17.3. The van der Waals surface area contributed by atoms with Crippen molar-refractivity contribution in [2.75, 3.05) is 26.2 Å². The van der Waals surface area contributed by atoms with E-state index >= 15 is 0 Å². The molecule has 11 nitrogen and oxygen atoms in total. The number of benzene rings is 1. The van der Waals surface area contributed by atoms with E-state index in [-0.39, 0.29) is 38.6 Å². The Hall–Kier alpha value is -3.18. The topological polar surface area (TPSA) is 148 Å². The third-order valence-corrected chi connectivity index (χ3v) is 7.62. The lowest BCUT2D eigenvalue weighted by Crippen LogP contribution is -2.68. The number of nitrogens with one attached hydrogen (secondary N) is 1. The van der Waals surface area contributed by atoms with Gasteiger partial charge in [-0.2, -0.15) is 4.48 Å². The number of fused-ring (bicyclic) bond motifs is 1. The van der Waals surface area contributed by atoms with Crippen molar-refractivity contribution in [2.45, 2.75) is 57.1 Å². The lowest BCUT2D eigenvalue weighted by molar-refractivity contribution is -0.779. The molecule has 0 aromatic heterocycles. The first-order valence-electron chi connectivity index (χ1n) is 12.6. The van der Waals surface area contributed by atoms with Gasteiger partial charge in [0.15, 0.2) is 23.6 Å². The van der Waals surface area contributed by atoms with Gasteiger partial charge in [0, 0.05) is 12.8 Å². The highest BCUT2D eigenvalue weighted by atomic mass is 16.6. The Morgan fingerprint density at radius 2 is 1.89 bits per heavy atom. The number of amides is 5. The van der Waals surface area contributed by atoms with E-state index in [0.717, 1.165) is 25.7 Å². The lowest BCUT2D eigenvalue weighted by atomic mass is 9.90. The highest BCUT2D eigenvalue weighted by Gasteiger charge is 2.59. The molecule has 1 aromatic carbocycles. The van der Waals surface area contributed by atoms with Crippen molar-refractivity contribution in [1.29, 1.82) is 0 Å². The molecule has 36 heavy (non-hydrogen) atoms.